The highest BCUT2D eigenvalue weighted by atomic mass is 127. The molecule has 0 aliphatic heterocycles. The number of anilines is 1. The van der Waals surface area contributed by atoms with E-state index in [4.69, 9.17) is 11.2 Å². The lowest BCUT2D eigenvalue weighted by Crippen LogP contribution is -2.46. The van der Waals surface area contributed by atoms with Crippen LogP contribution in [0.5, 0.6) is 0 Å². The number of amides is 1. The summed E-state index contributed by atoms with van der Waals surface area (Å²) in [6.45, 7) is 2.60. The van der Waals surface area contributed by atoms with Crippen molar-refractivity contribution in [3.8, 4) is 12.3 Å². The van der Waals surface area contributed by atoms with Crippen LogP contribution in [-0.4, -0.2) is 45.2 Å². The minimum absolute atomic E-state index is 0. The number of benzene rings is 1. The predicted molar refractivity (Wildman–Crippen MR) is 104 cm³/mol. The standard InChI is InChI=1S/C16H22N4O2.HI/c1-5-13-7-6-8-14(9-13)20-15(21)10-18-16(17-3)19-12(2)11-22-4;/h1,6-9,12H,10-11H2,2-4H3,(H,20,21)(H2,17,18,19);1H. The van der Waals surface area contributed by atoms with Crippen molar-refractivity contribution >= 4 is 41.5 Å². The molecule has 0 bridgehead atoms. The zero-order chi connectivity index (χ0) is 16.4. The normalized spacial score (nSPS) is 11.7. The van der Waals surface area contributed by atoms with E-state index in [1.807, 2.05) is 6.92 Å². The van der Waals surface area contributed by atoms with Gasteiger partial charge in [-0.1, -0.05) is 12.0 Å². The summed E-state index contributed by atoms with van der Waals surface area (Å²) in [6.07, 6.45) is 5.33. The second kappa shape index (κ2) is 11.7. The Morgan fingerprint density at radius 2 is 2.22 bits per heavy atom. The molecular formula is C16H23IN4O2. The van der Waals surface area contributed by atoms with E-state index in [0.717, 1.165) is 5.56 Å². The van der Waals surface area contributed by atoms with Gasteiger partial charge in [-0.3, -0.25) is 9.79 Å². The Hall–Kier alpha value is -1.79. The van der Waals surface area contributed by atoms with Crippen LogP contribution in [0.4, 0.5) is 5.69 Å². The topological polar surface area (TPSA) is 74.8 Å². The number of aliphatic imine (C=N–C) groups is 1. The zero-order valence-electron chi connectivity index (χ0n) is 13.6. The maximum absolute atomic E-state index is 11.9. The van der Waals surface area contributed by atoms with Crippen molar-refractivity contribution in [3.05, 3.63) is 29.8 Å². The van der Waals surface area contributed by atoms with Crippen molar-refractivity contribution in [1.29, 1.82) is 0 Å². The second-order valence-corrected chi connectivity index (χ2v) is 4.70. The number of carbonyl (C=O) groups excluding carboxylic acids is 1. The average Bonchev–Trinajstić information content (AvgIpc) is 2.51. The van der Waals surface area contributed by atoms with Crippen molar-refractivity contribution in [2.45, 2.75) is 13.0 Å². The molecule has 0 fully saturated rings. The number of nitrogens with one attached hydrogen (secondary N) is 3. The van der Waals surface area contributed by atoms with Gasteiger partial charge in [-0.15, -0.1) is 30.4 Å². The fourth-order valence-electron chi connectivity index (χ4n) is 1.78. The molecule has 0 aliphatic rings. The number of nitrogens with zero attached hydrogens (tertiary/aromatic N) is 1. The highest BCUT2D eigenvalue weighted by Crippen LogP contribution is 2.09. The Labute approximate surface area is 154 Å². The van der Waals surface area contributed by atoms with E-state index in [1.54, 1.807) is 38.4 Å². The Bertz CT molecular complexity index is 569. The number of halogens is 1. The predicted octanol–water partition coefficient (Wildman–Crippen LogP) is 1.42. The van der Waals surface area contributed by atoms with Crippen LogP contribution in [0.15, 0.2) is 29.3 Å². The third kappa shape index (κ3) is 8.42. The maximum Gasteiger partial charge on any atom is 0.243 e. The number of hydrogen-bond acceptors (Lipinski definition) is 3. The van der Waals surface area contributed by atoms with E-state index in [0.29, 0.717) is 18.3 Å². The summed E-state index contributed by atoms with van der Waals surface area (Å²) in [5.41, 5.74) is 1.38. The van der Waals surface area contributed by atoms with E-state index < -0.39 is 0 Å². The number of hydrogen-bond donors (Lipinski definition) is 3. The summed E-state index contributed by atoms with van der Waals surface area (Å²) in [7, 11) is 3.27. The molecule has 0 saturated heterocycles. The van der Waals surface area contributed by atoms with Crippen molar-refractivity contribution in [1.82, 2.24) is 10.6 Å². The van der Waals surface area contributed by atoms with E-state index in [2.05, 4.69) is 26.9 Å². The molecule has 126 valence electrons. The minimum atomic E-state index is -0.184. The van der Waals surface area contributed by atoms with Crippen LogP contribution in [0, 0.1) is 12.3 Å². The second-order valence-electron chi connectivity index (χ2n) is 4.70. The highest BCUT2D eigenvalue weighted by molar-refractivity contribution is 14.0. The molecule has 23 heavy (non-hydrogen) atoms. The van der Waals surface area contributed by atoms with Crippen LogP contribution in [0.25, 0.3) is 0 Å². The Morgan fingerprint density at radius 3 is 2.83 bits per heavy atom. The van der Waals surface area contributed by atoms with Crippen LogP contribution >= 0.6 is 24.0 Å². The number of terminal acetylenes is 1. The molecule has 7 heteroatoms. The smallest absolute Gasteiger partial charge is 0.243 e. The molecule has 0 heterocycles. The van der Waals surface area contributed by atoms with E-state index in [9.17, 15) is 4.79 Å². The quantitative estimate of drug-likeness (QED) is 0.276. The molecule has 6 nitrogen and oxygen atoms in total. The molecule has 0 spiro atoms. The van der Waals surface area contributed by atoms with Crippen LogP contribution < -0.4 is 16.0 Å². The van der Waals surface area contributed by atoms with Gasteiger partial charge in [0.15, 0.2) is 5.96 Å². The van der Waals surface area contributed by atoms with Crippen molar-refractivity contribution in [3.63, 3.8) is 0 Å². The lowest BCUT2D eigenvalue weighted by molar-refractivity contribution is -0.115. The molecule has 1 amide bonds. The van der Waals surface area contributed by atoms with Gasteiger partial charge in [0.2, 0.25) is 5.91 Å². The van der Waals surface area contributed by atoms with Crippen molar-refractivity contribution < 1.29 is 9.53 Å². The van der Waals surface area contributed by atoms with Gasteiger partial charge in [-0.2, -0.15) is 0 Å². The molecular weight excluding hydrogens is 407 g/mol. The van der Waals surface area contributed by atoms with Gasteiger partial charge in [-0.25, -0.2) is 0 Å². The lowest BCUT2D eigenvalue weighted by atomic mass is 10.2. The van der Waals surface area contributed by atoms with Crippen LogP contribution in [0.1, 0.15) is 12.5 Å². The average molecular weight is 430 g/mol. The van der Waals surface area contributed by atoms with Crippen molar-refractivity contribution in [2.24, 2.45) is 4.99 Å². The van der Waals surface area contributed by atoms with Gasteiger partial charge in [0.25, 0.3) is 0 Å². The van der Waals surface area contributed by atoms with Gasteiger partial charge in [-0.05, 0) is 25.1 Å². The van der Waals surface area contributed by atoms with Crippen LogP contribution in [-0.2, 0) is 9.53 Å². The molecule has 1 aromatic rings. The van der Waals surface area contributed by atoms with E-state index in [-0.39, 0.29) is 42.5 Å². The number of ether oxygens (including phenoxy) is 1. The monoisotopic (exact) mass is 430 g/mol. The Kier molecular flexibility index (Phi) is 10.8. The molecule has 1 rings (SSSR count). The molecule has 0 aromatic heterocycles. The number of rotatable bonds is 6. The van der Waals surface area contributed by atoms with Crippen molar-refractivity contribution in [2.75, 3.05) is 32.6 Å². The summed E-state index contributed by atoms with van der Waals surface area (Å²) in [4.78, 5) is 16.0. The molecule has 0 aliphatic carbocycles. The van der Waals surface area contributed by atoms with Gasteiger partial charge in [0, 0.05) is 31.5 Å². The Morgan fingerprint density at radius 1 is 1.48 bits per heavy atom. The SMILES string of the molecule is C#Cc1cccc(NC(=O)CNC(=NC)NC(C)COC)c1.I. The first-order valence-corrected chi connectivity index (χ1v) is 6.91. The van der Waals surface area contributed by atoms with E-state index >= 15 is 0 Å². The van der Waals surface area contributed by atoms with Gasteiger partial charge >= 0.3 is 0 Å². The fourth-order valence-corrected chi connectivity index (χ4v) is 1.78. The number of guanidine groups is 1. The summed E-state index contributed by atoms with van der Waals surface area (Å²) in [5, 5.41) is 8.82. The summed E-state index contributed by atoms with van der Waals surface area (Å²) in [6, 6.07) is 7.21. The summed E-state index contributed by atoms with van der Waals surface area (Å²) in [5.74, 6) is 2.88. The zero-order valence-corrected chi connectivity index (χ0v) is 15.9. The fraction of sp³-hybridized carbons (Fsp3) is 0.375. The number of carbonyl (C=O) groups is 1. The first kappa shape index (κ1) is 21.2. The third-order valence-electron chi connectivity index (χ3n) is 2.75. The Balaban J connectivity index is 0.00000484. The summed E-state index contributed by atoms with van der Waals surface area (Å²) < 4.78 is 5.03. The minimum Gasteiger partial charge on any atom is -0.383 e. The maximum atomic E-state index is 11.9. The molecule has 3 N–H and O–H groups in total. The lowest BCUT2D eigenvalue weighted by Gasteiger charge is -2.17. The molecule has 1 unspecified atom stereocenters. The van der Waals surface area contributed by atoms with Gasteiger partial charge < -0.3 is 20.7 Å². The molecule has 1 atom stereocenters. The van der Waals surface area contributed by atoms with E-state index in [1.165, 1.54) is 0 Å². The van der Waals surface area contributed by atoms with Crippen LogP contribution in [0.3, 0.4) is 0 Å². The van der Waals surface area contributed by atoms with Gasteiger partial charge in [0.05, 0.1) is 13.2 Å². The first-order valence-electron chi connectivity index (χ1n) is 6.91. The number of methoxy groups -OCH3 is 1. The first-order chi connectivity index (χ1) is 10.6. The molecule has 0 saturated carbocycles. The van der Waals surface area contributed by atoms with Crippen LogP contribution in [0.2, 0.25) is 0 Å². The molecule has 0 radical (unpaired) electrons. The highest BCUT2D eigenvalue weighted by Gasteiger charge is 2.07. The van der Waals surface area contributed by atoms with Gasteiger partial charge in [0.1, 0.15) is 0 Å². The largest absolute Gasteiger partial charge is 0.383 e. The molecule has 1 aromatic carbocycles. The summed E-state index contributed by atoms with van der Waals surface area (Å²) >= 11 is 0. The third-order valence-corrected chi connectivity index (χ3v) is 2.75.